The van der Waals surface area contributed by atoms with E-state index >= 15 is 0 Å². The van der Waals surface area contributed by atoms with Crippen LogP contribution in [-0.2, 0) is 4.74 Å². The minimum Gasteiger partial charge on any atom is -0.381 e. The lowest BCUT2D eigenvalue weighted by Gasteiger charge is -2.18. The largest absolute Gasteiger partial charge is 0.381 e. The molecule has 5 nitrogen and oxygen atoms in total. The van der Waals surface area contributed by atoms with E-state index in [-0.39, 0.29) is 5.92 Å². The minimum atomic E-state index is 0.195. The second kappa shape index (κ2) is 5.41. The van der Waals surface area contributed by atoms with E-state index in [0.717, 1.165) is 38.3 Å². The van der Waals surface area contributed by atoms with E-state index in [1.807, 2.05) is 0 Å². The van der Waals surface area contributed by atoms with Crippen molar-refractivity contribution in [2.24, 2.45) is 5.73 Å². The summed E-state index contributed by atoms with van der Waals surface area (Å²) >= 11 is 0. The standard InChI is InChI=1S/C11H19N3O2/c1-2-8(7-12)11-13-10(14-16-11)9-3-5-15-6-4-9/h8-9H,2-7,12H2,1H3. The molecule has 2 N–H and O–H groups in total. The van der Waals surface area contributed by atoms with Crippen LogP contribution in [0.4, 0.5) is 0 Å². The van der Waals surface area contributed by atoms with Crippen molar-refractivity contribution in [1.29, 1.82) is 0 Å². The number of nitrogens with two attached hydrogens (primary N) is 1. The third kappa shape index (κ3) is 2.41. The Kier molecular flexibility index (Phi) is 3.90. The van der Waals surface area contributed by atoms with Gasteiger partial charge in [-0.05, 0) is 19.3 Å². The summed E-state index contributed by atoms with van der Waals surface area (Å²) in [5.41, 5.74) is 5.66. The van der Waals surface area contributed by atoms with Crippen LogP contribution < -0.4 is 5.73 Å². The average Bonchev–Trinajstić information content (AvgIpc) is 2.81. The fourth-order valence-corrected chi connectivity index (χ4v) is 1.98. The SMILES string of the molecule is CCC(CN)c1nc(C2CCOCC2)no1. The first-order chi connectivity index (χ1) is 7.85. The number of ether oxygens (including phenoxy) is 1. The smallest absolute Gasteiger partial charge is 0.231 e. The summed E-state index contributed by atoms with van der Waals surface area (Å²) in [7, 11) is 0. The Balaban J connectivity index is 2.05. The van der Waals surface area contributed by atoms with Crippen molar-refractivity contribution < 1.29 is 9.26 Å². The molecule has 90 valence electrons. The molecule has 0 saturated carbocycles. The number of nitrogens with zero attached hydrogens (tertiary/aromatic N) is 2. The molecular weight excluding hydrogens is 206 g/mol. The molecule has 1 atom stereocenters. The Morgan fingerprint density at radius 1 is 1.44 bits per heavy atom. The lowest BCUT2D eigenvalue weighted by Crippen LogP contribution is -2.15. The molecule has 16 heavy (non-hydrogen) atoms. The van der Waals surface area contributed by atoms with Gasteiger partial charge in [0.2, 0.25) is 5.89 Å². The van der Waals surface area contributed by atoms with Crippen LogP contribution in [0.15, 0.2) is 4.52 Å². The molecule has 2 rings (SSSR count). The minimum absolute atomic E-state index is 0.195. The molecule has 2 heterocycles. The monoisotopic (exact) mass is 225 g/mol. The molecule has 0 aromatic carbocycles. The third-order valence-corrected chi connectivity index (χ3v) is 3.17. The molecule has 1 aliphatic heterocycles. The zero-order chi connectivity index (χ0) is 11.4. The van der Waals surface area contributed by atoms with Crippen molar-refractivity contribution in [3.05, 3.63) is 11.7 Å². The van der Waals surface area contributed by atoms with E-state index in [4.69, 9.17) is 15.0 Å². The highest BCUT2D eigenvalue weighted by atomic mass is 16.5. The van der Waals surface area contributed by atoms with Gasteiger partial charge in [-0.2, -0.15) is 4.98 Å². The summed E-state index contributed by atoms with van der Waals surface area (Å²) in [4.78, 5) is 4.46. The van der Waals surface area contributed by atoms with Gasteiger partial charge in [0.25, 0.3) is 0 Å². The highest BCUT2D eigenvalue weighted by Crippen LogP contribution is 2.26. The van der Waals surface area contributed by atoms with Crippen LogP contribution in [0.3, 0.4) is 0 Å². The van der Waals surface area contributed by atoms with Gasteiger partial charge >= 0.3 is 0 Å². The topological polar surface area (TPSA) is 74.2 Å². The van der Waals surface area contributed by atoms with Gasteiger partial charge in [-0.3, -0.25) is 0 Å². The van der Waals surface area contributed by atoms with E-state index < -0.39 is 0 Å². The van der Waals surface area contributed by atoms with Crippen LogP contribution in [-0.4, -0.2) is 29.9 Å². The van der Waals surface area contributed by atoms with Crippen LogP contribution >= 0.6 is 0 Å². The predicted molar refractivity (Wildman–Crippen MR) is 59.2 cm³/mol. The maximum absolute atomic E-state index is 5.66. The Labute approximate surface area is 95.3 Å². The van der Waals surface area contributed by atoms with Gasteiger partial charge in [-0.15, -0.1) is 0 Å². The quantitative estimate of drug-likeness (QED) is 0.838. The van der Waals surface area contributed by atoms with Gasteiger partial charge in [0, 0.05) is 25.7 Å². The van der Waals surface area contributed by atoms with Gasteiger partial charge in [-0.1, -0.05) is 12.1 Å². The van der Waals surface area contributed by atoms with Crippen LogP contribution in [0.1, 0.15) is 49.7 Å². The number of hydrogen-bond donors (Lipinski definition) is 1. The second-order valence-electron chi connectivity index (χ2n) is 4.22. The summed E-state index contributed by atoms with van der Waals surface area (Å²) < 4.78 is 10.6. The first-order valence-corrected chi connectivity index (χ1v) is 5.96. The number of rotatable bonds is 4. The second-order valence-corrected chi connectivity index (χ2v) is 4.22. The molecule has 1 aromatic rings. The Morgan fingerprint density at radius 2 is 2.19 bits per heavy atom. The van der Waals surface area contributed by atoms with Crippen LogP contribution in [0.5, 0.6) is 0 Å². The summed E-state index contributed by atoms with van der Waals surface area (Å²) in [5, 5.41) is 4.06. The summed E-state index contributed by atoms with van der Waals surface area (Å²) in [6.07, 6.45) is 2.91. The van der Waals surface area contributed by atoms with Crippen molar-refractivity contribution in [3.63, 3.8) is 0 Å². The van der Waals surface area contributed by atoms with Crippen molar-refractivity contribution in [2.75, 3.05) is 19.8 Å². The zero-order valence-corrected chi connectivity index (χ0v) is 9.69. The molecule has 0 spiro atoms. The molecular formula is C11H19N3O2. The Morgan fingerprint density at radius 3 is 2.81 bits per heavy atom. The lowest BCUT2D eigenvalue weighted by molar-refractivity contribution is 0.0830. The lowest BCUT2D eigenvalue weighted by atomic mass is 10.00. The van der Waals surface area contributed by atoms with E-state index in [9.17, 15) is 0 Å². The summed E-state index contributed by atoms with van der Waals surface area (Å²) in [6.45, 7) is 4.23. The summed E-state index contributed by atoms with van der Waals surface area (Å²) in [5.74, 6) is 2.10. The molecule has 0 aliphatic carbocycles. The van der Waals surface area contributed by atoms with Gasteiger partial charge in [0.15, 0.2) is 5.82 Å². The molecule has 0 radical (unpaired) electrons. The highest BCUT2D eigenvalue weighted by Gasteiger charge is 2.23. The van der Waals surface area contributed by atoms with E-state index in [1.165, 1.54) is 0 Å². The normalized spacial score (nSPS) is 19.9. The fraction of sp³-hybridized carbons (Fsp3) is 0.818. The van der Waals surface area contributed by atoms with Crippen LogP contribution in [0.2, 0.25) is 0 Å². The number of aromatic nitrogens is 2. The maximum atomic E-state index is 5.66. The van der Waals surface area contributed by atoms with E-state index in [1.54, 1.807) is 0 Å². The van der Waals surface area contributed by atoms with Gasteiger partial charge in [-0.25, -0.2) is 0 Å². The highest BCUT2D eigenvalue weighted by molar-refractivity contribution is 5.00. The van der Waals surface area contributed by atoms with Gasteiger partial charge < -0.3 is 15.0 Å². The van der Waals surface area contributed by atoms with Crippen molar-refractivity contribution >= 4 is 0 Å². The Hall–Kier alpha value is -0.940. The zero-order valence-electron chi connectivity index (χ0n) is 9.69. The third-order valence-electron chi connectivity index (χ3n) is 3.17. The first-order valence-electron chi connectivity index (χ1n) is 5.96. The van der Waals surface area contributed by atoms with Gasteiger partial charge in [0.05, 0.1) is 5.92 Å². The molecule has 1 aliphatic rings. The van der Waals surface area contributed by atoms with E-state index in [2.05, 4.69) is 17.1 Å². The number of hydrogen-bond acceptors (Lipinski definition) is 5. The van der Waals surface area contributed by atoms with Crippen molar-refractivity contribution in [1.82, 2.24) is 10.1 Å². The van der Waals surface area contributed by atoms with Crippen LogP contribution in [0.25, 0.3) is 0 Å². The first kappa shape index (κ1) is 11.5. The van der Waals surface area contributed by atoms with E-state index in [0.29, 0.717) is 18.4 Å². The van der Waals surface area contributed by atoms with Gasteiger partial charge in [0.1, 0.15) is 0 Å². The Bertz CT molecular complexity index is 317. The molecule has 1 fully saturated rings. The maximum Gasteiger partial charge on any atom is 0.231 e. The molecule has 1 unspecified atom stereocenters. The molecule has 0 bridgehead atoms. The molecule has 5 heteroatoms. The summed E-state index contributed by atoms with van der Waals surface area (Å²) in [6, 6.07) is 0. The van der Waals surface area contributed by atoms with Crippen LogP contribution in [0, 0.1) is 0 Å². The fourth-order valence-electron chi connectivity index (χ4n) is 1.98. The van der Waals surface area contributed by atoms with Crippen molar-refractivity contribution in [3.8, 4) is 0 Å². The molecule has 1 saturated heterocycles. The van der Waals surface area contributed by atoms with Crippen molar-refractivity contribution in [2.45, 2.75) is 38.0 Å². The average molecular weight is 225 g/mol. The predicted octanol–water partition coefficient (Wildman–Crippen LogP) is 1.42. The molecule has 1 aromatic heterocycles. The molecule has 0 amide bonds.